The molecule has 3 aromatic rings. The number of sulfonamides is 1. The van der Waals surface area contributed by atoms with Crippen molar-refractivity contribution in [3.63, 3.8) is 0 Å². The number of carbonyl (C=O) groups is 1. The lowest BCUT2D eigenvalue weighted by Gasteiger charge is -2.14. The number of carbonyl (C=O) groups excluding carboxylic acids is 1. The van der Waals surface area contributed by atoms with Gasteiger partial charge in [-0.15, -0.1) is 10.2 Å². The Bertz CT molecular complexity index is 1150. The summed E-state index contributed by atoms with van der Waals surface area (Å²) in [5.41, 5.74) is 1.61. The van der Waals surface area contributed by atoms with E-state index in [4.69, 9.17) is 0 Å². The molecule has 150 valence electrons. The SMILES string of the molecule is CC(=O)c1ccc(S(=O)(=O)Nc2ccccc2-c2nnc3n2CCCCC3)cc1. The zero-order valence-corrected chi connectivity index (χ0v) is 16.9. The lowest BCUT2D eigenvalue weighted by molar-refractivity contribution is 0.101. The van der Waals surface area contributed by atoms with Crippen LogP contribution in [0.25, 0.3) is 11.4 Å². The van der Waals surface area contributed by atoms with E-state index < -0.39 is 10.0 Å². The second kappa shape index (κ2) is 7.79. The fourth-order valence-corrected chi connectivity index (χ4v) is 4.60. The number of hydrogen-bond donors (Lipinski definition) is 1. The third kappa shape index (κ3) is 3.93. The van der Waals surface area contributed by atoms with Crippen LogP contribution in [0.1, 0.15) is 42.4 Å². The Hall–Kier alpha value is -3.00. The first kappa shape index (κ1) is 19.3. The van der Waals surface area contributed by atoms with Crippen molar-refractivity contribution in [1.29, 1.82) is 0 Å². The van der Waals surface area contributed by atoms with Gasteiger partial charge in [0.2, 0.25) is 0 Å². The smallest absolute Gasteiger partial charge is 0.261 e. The molecule has 1 aromatic heterocycles. The number of nitrogens with one attached hydrogen (secondary N) is 1. The zero-order chi connectivity index (χ0) is 20.4. The van der Waals surface area contributed by atoms with Gasteiger partial charge in [-0.25, -0.2) is 8.42 Å². The van der Waals surface area contributed by atoms with Crippen LogP contribution in [-0.2, 0) is 23.0 Å². The molecule has 29 heavy (non-hydrogen) atoms. The number of Topliss-reactive ketones (excluding diaryl/α,β-unsaturated/α-hetero) is 1. The summed E-state index contributed by atoms with van der Waals surface area (Å²) < 4.78 is 30.6. The monoisotopic (exact) mass is 410 g/mol. The van der Waals surface area contributed by atoms with Crippen LogP contribution >= 0.6 is 0 Å². The molecule has 1 N–H and O–H groups in total. The predicted molar refractivity (Wildman–Crippen MR) is 110 cm³/mol. The molecule has 8 heteroatoms. The quantitative estimate of drug-likeness (QED) is 0.648. The third-order valence-electron chi connectivity index (χ3n) is 5.09. The summed E-state index contributed by atoms with van der Waals surface area (Å²) in [7, 11) is -3.82. The second-order valence-corrected chi connectivity index (χ2v) is 8.82. The molecule has 0 atom stereocenters. The van der Waals surface area contributed by atoms with Crippen molar-refractivity contribution in [2.24, 2.45) is 0 Å². The molecule has 2 aromatic carbocycles. The minimum atomic E-state index is -3.82. The molecule has 2 heterocycles. The molecule has 0 spiro atoms. The maximum absolute atomic E-state index is 12.9. The highest BCUT2D eigenvalue weighted by atomic mass is 32.2. The second-order valence-electron chi connectivity index (χ2n) is 7.13. The van der Waals surface area contributed by atoms with E-state index >= 15 is 0 Å². The molecule has 0 radical (unpaired) electrons. The molecule has 0 saturated heterocycles. The van der Waals surface area contributed by atoms with E-state index in [2.05, 4.69) is 19.5 Å². The van der Waals surface area contributed by atoms with Crippen molar-refractivity contribution < 1.29 is 13.2 Å². The first-order valence-corrected chi connectivity index (χ1v) is 11.1. The number of nitrogens with zero attached hydrogens (tertiary/aromatic N) is 3. The molecule has 7 nitrogen and oxygen atoms in total. The van der Waals surface area contributed by atoms with Gasteiger partial charge in [-0.2, -0.15) is 0 Å². The number of aryl methyl sites for hydroxylation is 1. The van der Waals surface area contributed by atoms with E-state index in [1.807, 2.05) is 12.1 Å². The van der Waals surface area contributed by atoms with Gasteiger partial charge in [-0.05, 0) is 44.0 Å². The maximum Gasteiger partial charge on any atom is 0.261 e. The zero-order valence-electron chi connectivity index (χ0n) is 16.1. The van der Waals surface area contributed by atoms with Crippen LogP contribution in [0.15, 0.2) is 53.4 Å². The number of ketones is 1. The molecule has 4 rings (SSSR count). The van der Waals surface area contributed by atoms with Gasteiger partial charge in [0, 0.05) is 24.1 Å². The Morgan fingerprint density at radius 2 is 1.76 bits per heavy atom. The minimum Gasteiger partial charge on any atom is -0.311 e. The molecular weight excluding hydrogens is 388 g/mol. The summed E-state index contributed by atoms with van der Waals surface area (Å²) in [6.45, 7) is 2.27. The van der Waals surface area contributed by atoms with Crippen LogP contribution in [0.3, 0.4) is 0 Å². The van der Waals surface area contributed by atoms with Crippen molar-refractivity contribution >= 4 is 21.5 Å². The van der Waals surface area contributed by atoms with Gasteiger partial charge in [-0.1, -0.05) is 30.7 Å². The van der Waals surface area contributed by atoms with Gasteiger partial charge in [0.25, 0.3) is 10.0 Å². The Labute approximate surface area is 169 Å². The fourth-order valence-electron chi connectivity index (χ4n) is 3.52. The van der Waals surface area contributed by atoms with Crippen LogP contribution in [0.5, 0.6) is 0 Å². The van der Waals surface area contributed by atoms with Crippen molar-refractivity contribution in [2.75, 3.05) is 4.72 Å². The summed E-state index contributed by atoms with van der Waals surface area (Å²) in [4.78, 5) is 11.5. The Morgan fingerprint density at radius 3 is 2.52 bits per heavy atom. The summed E-state index contributed by atoms with van der Waals surface area (Å²) in [6, 6.07) is 13.1. The maximum atomic E-state index is 12.9. The van der Waals surface area contributed by atoms with Crippen LogP contribution in [0, 0.1) is 0 Å². The average Bonchev–Trinajstić information content (AvgIpc) is 2.96. The highest BCUT2D eigenvalue weighted by Gasteiger charge is 2.21. The van der Waals surface area contributed by atoms with Crippen molar-refractivity contribution in [1.82, 2.24) is 14.8 Å². The number of fused-ring (bicyclic) bond motifs is 1. The number of rotatable bonds is 5. The molecule has 0 unspecified atom stereocenters. The van der Waals surface area contributed by atoms with Gasteiger partial charge in [0.15, 0.2) is 11.6 Å². The third-order valence-corrected chi connectivity index (χ3v) is 6.47. The molecule has 0 bridgehead atoms. The van der Waals surface area contributed by atoms with Gasteiger partial charge in [0.05, 0.1) is 10.6 Å². The van der Waals surface area contributed by atoms with Gasteiger partial charge in [0.1, 0.15) is 5.82 Å². The van der Waals surface area contributed by atoms with Gasteiger partial charge < -0.3 is 4.57 Å². The Morgan fingerprint density at radius 1 is 1.00 bits per heavy atom. The van der Waals surface area contributed by atoms with Crippen LogP contribution in [-0.4, -0.2) is 29.0 Å². The first-order chi connectivity index (χ1) is 14.0. The van der Waals surface area contributed by atoms with E-state index in [9.17, 15) is 13.2 Å². The summed E-state index contributed by atoms with van der Waals surface area (Å²) in [6.07, 6.45) is 4.16. The predicted octanol–water partition coefficient (Wildman–Crippen LogP) is 3.67. The van der Waals surface area contributed by atoms with Crippen molar-refractivity contribution in [3.05, 3.63) is 59.9 Å². The van der Waals surface area contributed by atoms with E-state index in [1.54, 1.807) is 12.1 Å². The standard InChI is InChI=1S/C21H22N4O3S/c1-15(26)16-10-12-17(13-11-16)29(27,28)24-19-8-5-4-7-18(19)21-23-22-20-9-3-2-6-14-25(20)21/h4-5,7-8,10-13,24H,2-3,6,9,14H2,1H3. The Kier molecular flexibility index (Phi) is 5.19. The number of anilines is 1. The molecule has 1 aliphatic rings. The van der Waals surface area contributed by atoms with Gasteiger partial charge in [-0.3, -0.25) is 9.52 Å². The molecular formula is C21H22N4O3S. The fraction of sp³-hybridized carbons (Fsp3) is 0.286. The molecule has 0 amide bonds. The molecule has 1 aliphatic heterocycles. The number of aromatic nitrogens is 3. The van der Waals surface area contributed by atoms with Crippen molar-refractivity contribution in [3.8, 4) is 11.4 Å². The average molecular weight is 410 g/mol. The van der Waals surface area contributed by atoms with E-state index in [0.29, 0.717) is 22.6 Å². The largest absolute Gasteiger partial charge is 0.311 e. The molecule has 0 fully saturated rings. The van der Waals surface area contributed by atoms with Crippen LogP contribution in [0.4, 0.5) is 5.69 Å². The molecule has 0 saturated carbocycles. The van der Waals surface area contributed by atoms with Crippen molar-refractivity contribution in [2.45, 2.75) is 44.0 Å². The normalized spacial score (nSPS) is 14.1. The van der Waals surface area contributed by atoms with E-state index in [1.165, 1.54) is 31.2 Å². The number of para-hydroxylation sites is 1. The van der Waals surface area contributed by atoms with E-state index in [0.717, 1.165) is 38.1 Å². The lowest BCUT2D eigenvalue weighted by atomic mass is 10.1. The molecule has 0 aliphatic carbocycles. The number of hydrogen-bond acceptors (Lipinski definition) is 5. The van der Waals surface area contributed by atoms with Gasteiger partial charge >= 0.3 is 0 Å². The highest BCUT2D eigenvalue weighted by molar-refractivity contribution is 7.92. The summed E-state index contributed by atoms with van der Waals surface area (Å²) >= 11 is 0. The van der Waals surface area contributed by atoms with E-state index in [-0.39, 0.29) is 10.7 Å². The topological polar surface area (TPSA) is 93.9 Å². The Balaban J connectivity index is 1.69. The summed E-state index contributed by atoms with van der Waals surface area (Å²) in [5.74, 6) is 1.50. The highest BCUT2D eigenvalue weighted by Crippen LogP contribution is 2.30. The summed E-state index contributed by atoms with van der Waals surface area (Å²) in [5, 5.41) is 8.66. The first-order valence-electron chi connectivity index (χ1n) is 9.61. The van der Waals surface area contributed by atoms with Crippen LogP contribution < -0.4 is 4.72 Å². The van der Waals surface area contributed by atoms with Crippen LogP contribution in [0.2, 0.25) is 0 Å². The number of benzene rings is 2. The minimum absolute atomic E-state index is 0.0948. The lowest BCUT2D eigenvalue weighted by Crippen LogP contribution is -2.14.